The highest BCUT2D eigenvalue weighted by Crippen LogP contribution is 2.16. The molecule has 0 aliphatic rings. The minimum atomic E-state index is -0.270. The number of carbonyl (C=O) groups excluding carboxylic acids is 1. The second kappa shape index (κ2) is 8.54. The molecular weight excluding hydrogens is 240 g/mol. The van der Waals surface area contributed by atoms with Crippen LogP contribution in [0.5, 0.6) is 0 Å². The molecule has 0 aromatic rings. The minimum Gasteiger partial charge on any atom is -0.366 e. The number of hydrogen-bond donors (Lipinski definition) is 1. The smallest absolute Gasteiger partial charge is 0.246 e. The van der Waals surface area contributed by atoms with Crippen LogP contribution >= 0.6 is 0 Å². The Morgan fingerprint density at radius 1 is 1.21 bits per heavy atom. The van der Waals surface area contributed by atoms with Gasteiger partial charge in [0.1, 0.15) is 6.61 Å². The lowest BCUT2D eigenvalue weighted by Gasteiger charge is -2.31. The van der Waals surface area contributed by atoms with Crippen LogP contribution in [0.15, 0.2) is 0 Å². The van der Waals surface area contributed by atoms with E-state index in [0.29, 0.717) is 18.5 Å². The lowest BCUT2D eigenvalue weighted by atomic mass is 9.93. The molecule has 1 N–H and O–H groups in total. The van der Waals surface area contributed by atoms with Gasteiger partial charge in [0.05, 0.1) is 5.60 Å². The normalized spacial score (nSPS) is 13.9. The molecule has 1 atom stereocenters. The Morgan fingerprint density at radius 3 is 2.11 bits per heavy atom. The number of rotatable bonds is 8. The molecule has 4 heteroatoms. The summed E-state index contributed by atoms with van der Waals surface area (Å²) >= 11 is 0. The Balaban J connectivity index is 4.22. The summed E-state index contributed by atoms with van der Waals surface area (Å²) in [5.41, 5.74) is -0.270. The minimum absolute atomic E-state index is 0.0345. The van der Waals surface area contributed by atoms with Crippen molar-refractivity contribution in [2.75, 3.05) is 27.2 Å². The van der Waals surface area contributed by atoms with Crippen LogP contribution in [0.2, 0.25) is 0 Å². The second-order valence-corrected chi connectivity index (χ2v) is 6.31. The van der Waals surface area contributed by atoms with E-state index in [4.69, 9.17) is 4.74 Å². The van der Waals surface area contributed by atoms with Crippen LogP contribution in [0, 0.1) is 5.92 Å². The van der Waals surface area contributed by atoms with Gasteiger partial charge in [0.25, 0.3) is 0 Å². The zero-order chi connectivity index (χ0) is 15.1. The van der Waals surface area contributed by atoms with Crippen LogP contribution in [0.3, 0.4) is 0 Å². The predicted molar refractivity (Wildman–Crippen MR) is 80.3 cm³/mol. The van der Waals surface area contributed by atoms with Gasteiger partial charge in [0.15, 0.2) is 0 Å². The molecule has 0 heterocycles. The van der Waals surface area contributed by atoms with E-state index in [1.54, 1.807) is 0 Å². The molecule has 114 valence electrons. The third kappa shape index (κ3) is 8.22. The summed E-state index contributed by atoms with van der Waals surface area (Å²) in [5.74, 6) is 0.576. The van der Waals surface area contributed by atoms with Crippen molar-refractivity contribution in [2.45, 2.75) is 59.1 Å². The zero-order valence-corrected chi connectivity index (χ0v) is 13.7. The first-order valence-electron chi connectivity index (χ1n) is 7.28. The van der Waals surface area contributed by atoms with Gasteiger partial charge < -0.3 is 15.0 Å². The Morgan fingerprint density at radius 2 is 1.74 bits per heavy atom. The van der Waals surface area contributed by atoms with E-state index < -0.39 is 0 Å². The second-order valence-electron chi connectivity index (χ2n) is 6.31. The molecule has 0 aliphatic carbocycles. The summed E-state index contributed by atoms with van der Waals surface area (Å²) in [7, 11) is 4.14. The third-order valence-electron chi connectivity index (χ3n) is 3.40. The van der Waals surface area contributed by atoms with Gasteiger partial charge in [-0.15, -0.1) is 0 Å². The van der Waals surface area contributed by atoms with Crippen LogP contribution in [-0.4, -0.2) is 49.7 Å². The molecule has 4 nitrogen and oxygen atoms in total. The molecule has 19 heavy (non-hydrogen) atoms. The van der Waals surface area contributed by atoms with Gasteiger partial charge in [-0.3, -0.25) is 4.79 Å². The van der Waals surface area contributed by atoms with Crippen molar-refractivity contribution in [2.24, 2.45) is 5.92 Å². The average Bonchev–Trinajstić information content (AvgIpc) is 2.30. The molecule has 0 radical (unpaired) electrons. The predicted octanol–water partition coefficient (Wildman–Crippen LogP) is 2.28. The van der Waals surface area contributed by atoms with Gasteiger partial charge in [-0.2, -0.15) is 0 Å². The standard InChI is InChI=1S/C15H32N2O2/c1-8-12(9-2)13(17(6)7)10-16-14(18)11-19-15(3,4)5/h12-13H,8-11H2,1-7H3,(H,16,18). The van der Waals surface area contributed by atoms with E-state index in [0.717, 1.165) is 12.8 Å². The molecule has 0 bridgehead atoms. The number of nitrogens with one attached hydrogen (secondary N) is 1. The number of likely N-dealkylation sites (N-methyl/N-ethyl adjacent to an activating group) is 1. The Kier molecular flexibility index (Phi) is 8.26. The number of hydrogen-bond acceptors (Lipinski definition) is 3. The van der Waals surface area contributed by atoms with Gasteiger partial charge in [0.2, 0.25) is 5.91 Å². The number of amides is 1. The van der Waals surface area contributed by atoms with E-state index in [9.17, 15) is 4.79 Å². The molecule has 0 saturated heterocycles. The van der Waals surface area contributed by atoms with Crippen molar-refractivity contribution in [1.29, 1.82) is 0 Å². The Hall–Kier alpha value is -0.610. The fourth-order valence-electron chi connectivity index (χ4n) is 2.16. The molecular formula is C15H32N2O2. The molecule has 1 amide bonds. The number of carbonyl (C=O) groups is 1. The average molecular weight is 272 g/mol. The number of nitrogens with zero attached hydrogens (tertiary/aromatic N) is 1. The van der Waals surface area contributed by atoms with Gasteiger partial charge in [-0.25, -0.2) is 0 Å². The molecule has 0 aliphatic heterocycles. The largest absolute Gasteiger partial charge is 0.366 e. The van der Waals surface area contributed by atoms with Crippen molar-refractivity contribution in [1.82, 2.24) is 10.2 Å². The third-order valence-corrected chi connectivity index (χ3v) is 3.40. The first-order chi connectivity index (χ1) is 8.71. The van der Waals surface area contributed by atoms with Crippen molar-refractivity contribution >= 4 is 5.91 Å². The highest BCUT2D eigenvalue weighted by Gasteiger charge is 2.21. The molecule has 0 aromatic heterocycles. The van der Waals surface area contributed by atoms with Crippen LogP contribution in [-0.2, 0) is 9.53 Å². The monoisotopic (exact) mass is 272 g/mol. The summed E-state index contributed by atoms with van der Waals surface area (Å²) in [6.07, 6.45) is 2.27. The Bertz CT molecular complexity index is 255. The van der Waals surface area contributed by atoms with Crippen LogP contribution in [0.1, 0.15) is 47.5 Å². The molecule has 0 aromatic carbocycles. The topological polar surface area (TPSA) is 41.6 Å². The van der Waals surface area contributed by atoms with Crippen molar-refractivity contribution in [3.63, 3.8) is 0 Å². The summed E-state index contributed by atoms with van der Waals surface area (Å²) in [6.45, 7) is 11.1. The van der Waals surface area contributed by atoms with Gasteiger partial charge in [-0.1, -0.05) is 26.7 Å². The fourth-order valence-corrected chi connectivity index (χ4v) is 2.16. The van der Waals surface area contributed by atoms with E-state index >= 15 is 0 Å². The first kappa shape index (κ1) is 18.4. The molecule has 0 rings (SSSR count). The van der Waals surface area contributed by atoms with Crippen molar-refractivity contribution < 1.29 is 9.53 Å². The summed E-state index contributed by atoms with van der Waals surface area (Å²) in [4.78, 5) is 14.0. The first-order valence-corrected chi connectivity index (χ1v) is 7.28. The van der Waals surface area contributed by atoms with Crippen molar-refractivity contribution in [3.8, 4) is 0 Å². The van der Waals surface area contributed by atoms with Crippen molar-refractivity contribution in [3.05, 3.63) is 0 Å². The SMILES string of the molecule is CCC(CC)C(CNC(=O)COC(C)(C)C)N(C)C. The molecule has 0 saturated carbocycles. The van der Waals surface area contributed by atoms with E-state index in [1.807, 2.05) is 20.8 Å². The highest BCUT2D eigenvalue weighted by atomic mass is 16.5. The van der Waals surface area contributed by atoms with E-state index in [2.05, 4.69) is 38.2 Å². The van der Waals surface area contributed by atoms with Crippen LogP contribution in [0.25, 0.3) is 0 Å². The quantitative estimate of drug-likeness (QED) is 0.737. The maximum absolute atomic E-state index is 11.8. The maximum Gasteiger partial charge on any atom is 0.246 e. The van der Waals surface area contributed by atoms with Crippen LogP contribution in [0.4, 0.5) is 0 Å². The maximum atomic E-state index is 11.8. The fraction of sp³-hybridized carbons (Fsp3) is 0.933. The Labute approximate surface area is 118 Å². The zero-order valence-electron chi connectivity index (χ0n) is 13.7. The number of ether oxygens (including phenoxy) is 1. The highest BCUT2D eigenvalue weighted by molar-refractivity contribution is 5.77. The molecule has 0 spiro atoms. The summed E-state index contributed by atoms with van der Waals surface area (Å²) in [5, 5.41) is 2.98. The van der Waals surface area contributed by atoms with Gasteiger partial charge in [0, 0.05) is 12.6 Å². The summed E-state index contributed by atoms with van der Waals surface area (Å²) < 4.78 is 5.47. The van der Waals surface area contributed by atoms with E-state index in [1.165, 1.54) is 0 Å². The van der Waals surface area contributed by atoms with Gasteiger partial charge in [-0.05, 0) is 40.8 Å². The van der Waals surface area contributed by atoms with E-state index in [-0.39, 0.29) is 18.1 Å². The van der Waals surface area contributed by atoms with Gasteiger partial charge >= 0.3 is 0 Å². The molecule has 0 fully saturated rings. The summed E-state index contributed by atoms with van der Waals surface area (Å²) in [6, 6.07) is 0.383. The van der Waals surface area contributed by atoms with Crippen LogP contribution < -0.4 is 5.32 Å². The molecule has 1 unspecified atom stereocenters. The lowest BCUT2D eigenvalue weighted by Crippen LogP contribution is -2.45. The lowest BCUT2D eigenvalue weighted by molar-refractivity contribution is -0.130.